The van der Waals surface area contributed by atoms with Crippen molar-refractivity contribution in [1.82, 2.24) is 15.5 Å². The lowest BCUT2D eigenvalue weighted by molar-refractivity contribution is -0.152. The second-order valence-corrected chi connectivity index (χ2v) is 6.23. The van der Waals surface area contributed by atoms with Crippen LogP contribution >= 0.6 is 11.8 Å². The van der Waals surface area contributed by atoms with E-state index >= 15 is 0 Å². The van der Waals surface area contributed by atoms with Crippen molar-refractivity contribution in [2.45, 2.75) is 55.5 Å². The summed E-state index contributed by atoms with van der Waals surface area (Å²) in [5.41, 5.74) is -0.582. The number of thioether (sulfide) groups is 1. The summed E-state index contributed by atoms with van der Waals surface area (Å²) in [7, 11) is 1.82. The zero-order valence-corrected chi connectivity index (χ0v) is 13.0. The van der Waals surface area contributed by atoms with Gasteiger partial charge in [0.2, 0.25) is 5.89 Å². The largest absolute Gasteiger partial charge is 0.465 e. The van der Waals surface area contributed by atoms with Crippen LogP contribution in [-0.4, -0.2) is 40.6 Å². The Morgan fingerprint density at radius 2 is 2.40 bits per heavy atom. The molecule has 1 aromatic rings. The molecule has 0 bridgehead atoms. The Morgan fingerprint density at radius 1 is 1.60 bits per heavy atom. The summed E-state index contributed by atoms with van der Waals surface area (Å²) in [5.74, 6) is 0.406. The highest BCUT2D eigenvalue weighted by molar-refractivity contribution is 7.99. The zero-order valence-electron chi connectivity index (χ0n) is 12.1. The van der Waals surface area contributed by atoms with Gasteiger partial charge in [-0.25, -0.2) is 0 Å². The van der Waals surface area contributed by atoms with Crippen LogP contribution in [0.5, 0.6) is 0 Å². The molecule has 20 heavy (non-hydrogen) atoms. The van der Waals surface area contributed by atoms with E-state index in [0.29, 0.717) is 24.1 Å². The standard InChI is InChI=1S/C13H21N3O3S/c1-4-18-11(17)13(14-3)7-5-6-10(8-13)20-12-16-15-9(2)19-12/h10,14H,4-8H2,1-3H3. The van der Waals surface area contributed by atoms with Crippen LogP contribution in [-0.2, 0) is 9.53 Å². The lowest BCUT2D eigenvalue weighted by atomic mass is 9.81. The van der Waals surface area contributed by atoms with E-state index in [2.05, 4.69) is 15.5 Å². The van der Waals surface area contributed by atoms with Crippen molar-refractivity contribution in [3.8, 4) is 0 Å². The summed E-state index contributed by atoms with van der Waals surface area (Å²) in [6.45, 7) is 4.01. The molecule has 1 aliphatic rings. The summed E-state index contributed by atoms with van der Waals surface area (Å²) in [6.07, 6.45) is 3.54. The number of ether oxygens (including phenoxy) is 1. The Bertz CT molecular complexity index is 465. The normalized spacial score (nSPS) is 26.4. The van der Waals surface area contributed by atoms with Gasteiger partial charge in [-0.15, -0.1) is 10.2 Å². The minimum atomic E-state index is -0.582. The van der Waals surface area contributed by atoms with E-state index in [1.165, 1.54) is 0 Å². The van der Waals surface area contributed by atoms with Gasteiger partial charge < -0.3 is 14.5 Å². The summed E-state index contributed by atoms with van der Waals surface area (Å²) >= 11 is 1.55. The Morgan fingerprint density at radius 3 is 3.00 bits per heavy atom. The van der Waals surface area contributed by atoms with Gasteiger partial charge in [0.05, 0.1) is 6.61 Å². The van der Waals surface area contributed by atoms with Gasteiger partial charge in [0.15, 0.2) is 0 Å². The molecule has 1 saturated carbocycles. The first-order chi connectivity index (χ1) is 9.59. The second-order valence-electron chi connectivity index (χ2n) is 4.98. The van der Waals surface area contributed by atoms with Crippen molar-refractivity contribution in [1.29, 1.82) is 0 Å². The molecule has 0 amide bonds. The number of aryl methyl sites for hydroxylation is 1. The number of hydrogen-bond donors (Lipinski definition) is 1. The molecular weight excluding hydrogens is 278 g/mol. The molecule has 0 spiro atoms. The predicted octanol–water partition coefficient (Wildman–Crippen LogP) is 1.93. The Kier molecular flexibility index (Phi) is 5.04. The molecule has 0 radical (unpaired) electrons. The minimum Gasteiger partial charge on any atom is -0.465 e. The van der Waals surface area contributed by atoms with Crippen molar-refractivity contribution < 1.29 is 13.9 Å². The SMILES string of the molecule is CCOC(=O)C1(NC)CCCC(Sc2nnc(C)o2)C1. The van der Waals surface area contributed by atoms with Gasteiger partial charge in [-0.2, -0.15) is 0 Å². The lowest BCUT2D eigenvalue weighted by Crippen LogP contribution is -2.54. The Labute approximate surface area is 123 Å². The van der Waals surface area contributed by atoms with Crippen molar-refractivity contribution >= 4 is 17.7 Å². The maximum atomic E-state index is 12.2. The van der Waals surface area contributed by atoms with Gasteiger partial charge in [0.25, 0.3) is 5.22 Å². The average Bonchev–Trinajstić information content (AvgIpc) is 2.84. The first kappa shape index (κ1) is 15.3. The van der Waals surface area contributed by atoms with Crippen LogP contribution in [0.3, 0.4) is 0 Å². The molecule has 0 aromatic carbocycles. The van der Waals surface area contributed by atoms with Crippen LogP contribution in [0.4, 0.5) is 0 Å². The molecule has 0 aliphatic heterocycles. The molecule has 1 fully saturated rings. The van der Waals surface area contributed by atoms with Crippen LogP contribution < -0.4 is 5.32 Å². The summed E-state index contributed by atoms with van der Waals surface area (Å²) < 4.78 is 10.6. The van der Waals surface area contributed by atoms with E-state index < -0.39 is 5.54 Å². The number of nitrogens with zero attached hydrogens (tertiary/aromatic N) is 2. The molecule has 0 saturated heterocycles. The van der Waals surface area contributed by atoms with Crippen LogP contribution in [0, 0.1) is 6.92 Å². The predicted molar refractivity (Wildman–Crippen MR) is 75.6 cm³/mol. The van der Waals surface area contributed by atoms with Gasteiger partial charge in [-0.3, -0.25) is 4.79 Å². The molecule has 6 nitrogen and oxygen atoms in total. The molecule has 2 atom stereocenters. The third-order valence-electron chi connectivity index (χ3n) is 3.63. The maximum absolute atomic E-state index is 12.2. The van der Waals surface area contributed by atoms with Gasteiger partial charge in [0, 0.05) is 12.2 Å². The van der Waals surface area contributed by atoms with E-state index in [-0.39, 0.29) is 11.2 Å². The Balaban J connectivity index is 2.04. The summed E-state index contributed by atoms with van der Waals surface area (Å²) in [5, 5.41) is 11.9. The molecule has 112 valence electrons. The van der Waals surface area contributed by atoms with Crippen LogP contribution in [0.1, 0.15) is 38.5 Å². The van der Waals surface area contributed by atoms with Crippen molar-refractivity contribution in [2.24, 2.45) is 0 Å². The highest BCUT2D eigenvalue weighted by Crippen LogP contribution is 2.38. The molecular formula is C13H21N3O3S. The lowest BCUT2D eigenvalue weighted by Gasteiger charge is -2.37. The summed E-state index contributed by atoms with van der Waals surface area (Å²) in [4.78, 5) is 12.2. The number of esters is 1. The Hall–Kier alpha value is -1.08. The summed E-state index contributed by atoms with van der Waals surface area (Å²) in [6, 6.07) is 0. The zero-order chi connectivity index (χ0) is 14.6. The number of likely N-dealkylation sites (N-methyl/N-ethyl adjacent to an activating group) is 1. The first-order valence-electron chi connectivity index (χ1n) is 6.92. The second kappa shape index (κ2) is 6.58. The molecule has 1 aliphatic carbocycles. The molecule has 1 N–H and O–H groups in total. The van der Waals surface area contributed by atoms with Crippen LogP contribution in [0.25, 0.3) is 0 Å². The molecule has 1 heterocycles. The number of hydrogen-bond acceptors (Lipinski definition) is 7. The van der Waals surface area contributed by atoms with Gasteiger partial charge in [-0.1, -0.05) is 11.8 Å². The van der Waals surface area contributed by atoms with Gasteiger partial charge >= 0.3 is 5.97 Å². The topological polar surface area (TPSA) is 77.2 Å². The fourth-order valence-electron chi connectivity index (χ4n) is 2.58. The van der Waals surface area contributed by atoms with Crippen molar-refractivity contribution in [3.63, 3.8) is 0 Å². The minimum absolute atomic E-state index is 0.158. The van der Waals surface area contributed by atoms with E-state index in [4.69, 9.17) is 9.15 Å². The molecule has 2 unspecified atom stereocenters. The third kappa shape index (κ3) is 3.32. The van der Waals surface area contributed by atoms with E-state index in [9.17, 15) is 4.79 Å². The van der Waals surface area contributed by atoms with E-state index in [1.807, 2.05) is 14.0 Å². The van der Waals surface area contributed by atoms with Gasteiger partial charge in [0.1, 0.15) is 5.54 Å². The number of aromatic nitrogens is 2. The molecule has 7 heteroatoms. The third-order valence-corrected chi connectivity index (χ3v) is 4.73. The first-order valence-corrected chi connectivity index (χ1v) is 7.80. The average molecular weight is 299 g/mol. The van der Waals surface area contributed by atoms with E-state index in [0.717, 1.165) is 19.3 Å². The number of nitrogens with one attached hydrogen (secondary N) is 1. The monoisotopic (exact) mass is 299 g/mol. The smallest absolute Gasteiger partial charge is 0.326 e. The van der Waals surface area contributed by atoms with Crippen molar-refractivity contribution in [2.75, 3.05) is 13.7 Å². The molecule has 2 rings (SSSR count). The fourth-order valence-corrected chi connectivity index (χ4v) is 3.77. The number of carbonyl (C=O) groups is 1. The maximum Gasteiger partial charge on any atom is 0.326 e. The highest BCUT2D eigenvalue weighted by atomic mass is 32.2. The van der Waals surface area contributed by atoms with Crippen LogP contribution in [0.15, 0.2) is 9.64 Å². The number of carbonyl (C=O) groups excluding carboxylic acids is 1. The van der Waals surface area contributed by atoms with E-state index in [1.54, 1.807) is 18.7 Å². The van der Waals surface area contributed by atoms with Crippen molar-refractivity contribution in [3.05, 3.63) is 5.89 Å². The molecule has 1 aromatic heterocycles. The highest BCUT2D eigenvalue weighted by Gasteiger charge is 2.43. The quantitative estimate of drug-likeness (QED) is 0.832. The fraction of sp³-hybridized carbons (Fsp3) is 0.769. The van der Waals surface area contributed by atoms with Gasteiger partial charge in [-0.05, 0) is 39.7 Å². The number of rotatable bonds is 5. The van der Waals surface area contributed by atoms with Crippen LogP contribution in [0.2, 0.25) is 0 Å².